The summed E-state index contributed by atoms with van der Waals surface area (Å²) in [6.45, 7) is 7.46. The Morgan fingerprint density at radius 3 is 1.52 bits per heavy atom. The summed E-state index contributed by atoms with van der Waals surface area (Å²) in [6, 6.07) is 21.5. The van der Waals surface area contributed by atoms with Crippen LogP contribution in [0.15, 0.2) is 60.7 Å². The molecule has 1 fully saturated rings. The van der Waals surface area contributed by atoms with Crippen molar-refractivity contribution in [3.63, 3.8) is 0 Å². The number of hydrogen-bond donors (Lipinski definition) is 1. The average molecular weight is 308 g/mol. The van der Waals surface area contributed by atoms with Crippen molar-refractivity contribution >= 4 is 5.78 Å². The highest BCUT2D eigenvalue weighted by atomic mass is 16.1. The standard InChI is InChI=1S/C21H25NO/c1-4-22-19(17-11-7-5-8-12-17)15(2)21(23)16(3)20(22)18-13-9-6-10-14-18/h5-16,19-20H,4H2,1-3H3/p+1/t15-,16-,19-,20+/m0/s1. The molecule has 1 aliphatic rings. The summed E-state index contributed by atoms with van der Waals surface area (Å²) < 4.78 is 0. The van der Waals surface area contributed by atoms with Gasteiger partial charge in [0.15, 0.2) is 5.78 Å². The molecule has 0 spiro atoms. The second-order valence-corrected chi connectivity index (χ2v) is 6.68. The predicted molar refractivity (Wildman–Crippen MR) is 93.2 cm³/mol. The van der Waals surface area contributed by atoms with Gasteiger partial charge in [0.25, 0.3) is 0 Å². The van der Waals surface area contributed by atoms with E-state index in [4.69, 9.17) is 0 Å². The zero-order valence-corrected chi connectivity index (χ0v) is 14.2. The van der Waals surface area contributed by atoms with Gasteiger partial charge in [-0.05, 0) is 20.8 Å². The number of quaternary nitrogens is 1. The van der Waals surface area contributed by atoms with E-state index in [9.17, 15) is 4.79 Å². The zero-order chi connectivity index (χ0) is 16.4. The topological polar surface area (TPSA) is 21.5 Å². The molecule has 1 saturated heterocycles. The summed E-state index contributed by atoms with van der Waals surface area (Å²) >= 11 is 0. The quantitative estimate of drug-likeness (QED) is 0.923. The first-order valence-corrected chi connectivity index (χ1v) is 8.64. The predicted octanol–water partition coefficient (Wildman–Crippen LogP) is 3.23. The van der Waals surface area contributed by atoms with E-state index in [0.29, 0.717) is 5.78 Å². The maximum absolute atomic E-state index is 12.9. The van der Waals surface area contributed by atoms with E-state index in [1.54, 1.807) is 0 Å². The van der Waals surface area contributed by atoms with Crippen LogP contribution in [0.1, 0.15) is 44.0 Å². The maximum atomic E-state index is 12.9. The molecule has 3 rings (SSSR count). The molecule has 5 atom stereocenters. The number of ketones is 1. The fourth-order valence-electron chi connectivity index (χ4n) is 4.34. The lowest BCUT2D eigenvalue weighted by Gasteiger charge is -2.44. The minimum Gasteiger partial charge on any atom is -0.322 e. The Morgan fingerprint density at radius 2 is 1.17 bits per heavy atom. The van der Waals surface area contributed by atoms with Gasteiger partial charge in [-0.25, -0.2) is 0 Å². The lowest BCUT2D eigenvalue weighted by Crippen LogP contribution is -3.15. The number of carbonyl (C=O) groups excluding carboxylic acids is 1. The molecule has 1 aliphatic heterocycles. The molecule has 2 aromatic carbocycles. The Morgan fingerprint density at radius 1 is 0.783 bits per heavy atom. The van der Waals surface area contributed by atoms with Gasteiger partial charge in [0.2, 0.25) is 0 Å². The van der Waals surface area contributed by atoms with Crippen molar-refractivity contribution in [1.82, 2.24) is 0 Å². The normalized spacial score (nSPS) is 31.1. The molecule has 120 valence electrons. The van der Waals surface area contributed by atoms with Crippen LogP contribution >= 0.6 is 0 Å². The van der Waals surface area contributed by atoms with Gasteiger partial charge in [-0.1, -0.05) is 60.7 Å². The van der Waals surface area contributed by atoms with Crippen molar-refractivity contribution in [2.75, 3.05) is 6.54 Å². The third-order valence-corrected chi connectivity index (χ3v) is 5.42. The molecule has 23 heavy (non-hydrogen) atoms. The smallest absolute Gasteiger partial charge is 0.151 e. The second kappa shape index (κ2) is 6.67. The van der Waals surface area contributed by atoms with E-state index in [-0.39, 0.29) is 23.9 Å². The molecule has 0 aromatic heterocycles. The molecule has 1 N–H and O–H groups in total. The first kappa shape index (κ1) is 15.9. The number of carbonyl (C=O) groups is 1. The molecule has 1 unspecified atom stereocenters. The van der Waals surface area contributed by atoms with E-state index in [1.807, 2.05) is 12.1 Å². The number of hydrogen-bond acceptors (Lipinski definition) is 1. The molecule has 0 saturated carbocycles. The Hall–Kier alpha value is -1.93. The molecular formula is C21H26NO+. The summed E-state index contributed by atoms with van der Waals surface area (Å²) in [7, 11) is 0. The molecular weight excluding hydrogens is 282 g/mol. The van der Waals surface area contributed by atoms with Gasteiger partial charge in [-0.3, -0.25) is 4.79 Å². The number of Topliss-reactive ketones (excluding diaryl/α,β-unsaturated/α-hetero) is 1. The van der Waals surface area contributed by atoms with Gasteiger partial charge in [-0.2, -0.15) is 0 Å². The van der Waals surface area contributed by atoms with Crippen molar-refractivity contribution in [2.24, 2.45) is 11.8 Å². The van der Waals surface area contributed by atoms with E-state index in [2.05, 4.69) is 69.3 Å². The lowest BCUT2D eigenvalue weighted by atomic mass is 9.74. The third-order valence-electron chi connectivity index (χ3n) is 5.42. The van der Waals surface area contributed by atoms with Gasteiger partial charge in [-0.15, -0.1) is 0 Å². The van der Waals surface area contributed by atoms with Crippen LogP contribution in [0.2, 0.25) is 0 Å². The lowest BCUT2D eigenvalue weighted by molar-refractivity contribution is -0.969. The number of rotatable bonds is 3. The molecule has 2 nitrogen and oxygen atoms in total. The number of nitrogens with one attached hydrogen (secondary N) is 1. The van der Waals surface area contributed by atoms with E-state index in [0.717, 1.165) is 6.54 Å². The van der Waals surface area contributed by atoms with Crippen LogP contribution < -0.4 is 4.90 Å². The largest absolute Gasteiger partial charge is 0.322 e. The minimum atomic E-state index is 0.0577. The zero-order valence-electron chi connectivity index (χ0n) is 14.2. The highest BCUT2D eigenvalue weighted by molar-refractivity contribution is 5.84. The average Bonchev–Trinajstić information content (AvgIpc) is 2.61. The van der Waals surface area contributed by atoms with Crippen LogP contribution in [-0.2, 0) is 4.79 Å². The van der Waals surface area contributed by atoms with Crippen molar-refractivity contribution in [3.8, 4) is 0 Å². The first-order chi connectivity index (χ1) is 11.1. The van der Waals surface area contributed by atoms with Gasteiger partial charge in [0.05, 0.1) is 18.4 Å². The maximum Gasteiger partial charge on any atom is 0.151 e. The van der Waals surface area contributed by atoms with Crippen molar-refractivity contribution in [2.45, 2.75) is 32.9 Å². The summed E-state index contributed by atoms with van der Waals surface area (Å²) in [5.41, 5.74) is 2.55. The highest BCUT2D eigenvalue weighted by Gasteiger charge is 2.48. The van der Waals surface area contributed by atoms with Crippen LogP contribution in [0.4, 0.5) is 0 Å². The van der Waals surface area contributed by atoms with Crippen LogP contribution in [0.5, 0.6) is 0 Å². The van der Waals surface area contributed by atoms with Gasteiger partial charge in [0.1, 0.15) is 12.1 Å². The SMILES string of the molecule is CC[NH+]1[C@H](c2ccccc2)[C@H](C)C(=O)[C@@H](C)[C@@H]1c1ccccc1. The number of benzene rings is 2. The van der Waals surface area contributed by atoms with Crippen LogP contribution in [0.3, 0.4) is 0 Å². The van der Waals surface area contributed by atoms with Gasteiger partial charge in [0, 0.05) is 11.1 Å². The summed E-state index contributed by atoms with van der Waals surface area (Å²) in [5, 5.41) is 0. The molecule has 2 heteroatoms. The van der Waals surface area contributed by atoms with Crippen LogP contribution in [-0.4, -0.2) is 12.3 Å². The first-order valence-electron chi connectivity index (χ1n) is 8.64. The third kappa shape index (κ3) is 2.84. The van der Waals surface area contributed by atoms with Gasteiger partial charge < -0.3 is 4.90 Å². The second-order valence-electron chi connectivity index (χ2n) is 6.68. The monoisotopic (exact) mass is 308 g/mol. The molecule has 1 heterocycles. The Balaban J connectivity index is 2.07. The van der Waals surface area contributed by atoms with Crippen LogP contribution in [0.25, 0.3) is 0 Å². The molecule has 0 radical (unpaired) electrons. The van der Waals surface area contributed by atoms with Crippen LogP contribution in [0, 0.1) is 11.8 Å². The van der Waals surface area contributed by atoms with E-state index in [1.165, 1.54) is 16.0 Å². The fourth-order valence-corrected chi connectivity index (χ4v) is 4.34. The van der Waals surface area contributed by atoms with E-state index >= 15 is 0 Å². The Bertz CT molecular complexity index is 597. The number of likely N-dealkylation sites (tertiary alicyclic amines) is 1. The molecule has 0 aliphatic carbocycles. The summed E-state index contributed by atoms with van der Waals surface area (Å²) in [5.74, 6) is 0.509. The molecule has 0 bridgehead atoms. The highest BCUT2D eigenvalue weighted by Crippen LogP contribution is 2.34. The molecule has 2 aromatic rings. The molecule has 0 amide bonds. The minimum absolute atomic E-state index is 0.0577. The van der Waals surface area contributed by atoms with E-state index < -0.39 is 0 Å². The Labute approximate surface area is 139 Å². The van der Waals surface area contributed by atoms with Gasteiger partial charge >= 0.3 is 0 Å². The van der Waals surface area contributed by atoms with Crippen molar-refractivity contribution < 1.29 is 9.69 Å². The van der Waals surface area contributed by atoms with Crippen molar-refractivity contribution in [1.29, 1.82) is 0 Å². The van der Waals surface area contributed by atoms with Crippen molar-refractivity contribution in [3.05, 3.63) is 71.8 Å². The fraction of sp³-hybridized carbons (Fsp3) is 0.381. The number of piperidine rings is 1. The summed E-state index contributed by atoms with van der Waals surface area (Å²) in [6.07, 6.45) is 0. The Kier molecular flexibility index (Phi) is 4.63. The summed E-state index contributed by atoms with van der Waals surface area (Å²) in [4.78, 5) is 14.4.